The minimum atomic E-state index is -0.0553. The molecule has 0 amide bonds. The molecule has 0 fully saturated rings. The van der Waals surface area contributed by atoms with Gasteiger partial charge in [0.1, 0.15) is 5.82 Å². The van der Waals surface area contributed by atoms with E-state index in [1.54, 1.807) is 15.9 Å². The van der Waals surface area contributed by atoms with Crippen molar-refractivity contribution in [2.24, 2.45) is 0 Å². The van der Waals surface area contributed by atoms with Crippen LogP contribution in [0.4, 0.5) is 0 Å². The van der Waals surface area contributed by atoms with Crippen LogP contribution >= 0.6 is 11.3 Å². The number of hydrogen-bond acceptors (Lipinski definition) is 3. The molecule has 0 saturated heterocycles. The molecule has 0 saturated carbocycles. The second-order valence-corrected chi connectivity index (χ2v) is 6.79. The van der Waals surface area contributed by atoms with Gasteiger partial charge in [-0.15, -0.1) is 11.3 Å². The van der Waals surface area contributed by atoms with Crippen LogP contribution in [0.2, 0.25) is 0 Å². The van der Waals surface area contributed by atoms with Crippen LogP contribution in [0.15, 0.2) is 70.8 Å². The number of benzene rings is 2. The van der Waals surface area contributed by atoms with Gasteiger partial charge < -0.3 is 0 Å². The molecule has 2 aromatic heterocycles. The van der Waals surface area contributed by atoms with E-state index in [-0.39, 0.29) is 5.56 Å². The highest BCUT2D eigenvalue weighted by Gasteiger charge is 2.10. The second-order valence-electron chi connectivity index (χ2n) is 5.81. The summed E-state index contributed by atoms with van der Waals surface area (Å²) in [5, 5.41) is 2.65. The van der Waals surface area contributed by atoms with Crippen molar-refractivity contribution < 1.29 is 0 Å². The molecule has 0 atom stereocenters. The lowest BCUT2D eigenvalue weighted by atomic mass is 10.2. The average Bonchev–Trinajstić information content (AvgIpc) is 3.15. The molecule has 4 rings (SSSR count). The normalized spacial score (nSPS) is 11.4. The van der Waals surface area contributed by atoms with Crippen LogP contribution in [0.1, 0.15) is 16.3 Å². The summed E-state index contributed by atoms with van der Waals surface area (Å²) < 4.78 is 1.67. The van der Waals surface area contributed by atoms with Crippen LogP contribution in [0.25, 0.3) is 28.7 Å². The Bertz CT molecular complexity index is 1110. The fraction of sp³-hybridized carbons (Fsp3) is 0.0476. The number of para-hydroxylation sites is 1. The lowest BCUT2D eigenvalue weighted by Crippen LogP contribution is -2.22. The molecule has 122 valence electrons. The highest BCUT2D eigenvalue weighted by atomic mass is 32.1. The van der Waals surface area contributed by atoms with Gasteiger partial charge in [-0.05, 0) is 54.8 Å². The highest BCUT2D eigenvalue weighted by molar-refractivity contribution is 7.10. The number of hydrogen-bond donors (Lipinski definition) is 0. The van der Waals surface area contributed by atoms with Crippen molar-refractivity contribution in [2.75, 3.05) is 0 Å². The van der Waals surface area contributed by atoms with Gasteiger partial charge in [0, 0.05) is 4.88 Å². The number of thiophene rings is 1. The summed E-state index contributed by atoms with van der Waals surface area (Å²) in [5.41, 5.74) is 2.63. The van der Waals surface area contributed by atoms with Crippen LogP contribution < -0.4 is 5.56 Å². The molecule has 0 aliphatic rings. The monoisotopic (exact) mass is 344 g/mol. The molecule has 25 heavy (non-hydrogen) atoms. The van der Waals surface area contributed by atoms with Gasteiger partial charge in [0.05, 0.1) is 16.6 Å². The first-order chi connectivity index (χ1) is 12.2. The van der Waals surface area contributed by atoms with Crippen LogP contribution in [-0.2, 0) is 0 Å². The molecule has 0 aliphatic heterocycles. The summed E-state index contributed by atoms with van der Waals surface area (Å²) in [7, 11) is 0. The lowest BCUT2D eigenvalue weighted by Gasteiger charge is -2.11. The Labute approximate surface area is 149 Å². The third kappa shape index (κ3) is 3.04. The third-order valence-electron chi connectivity index (χ3n) is 4.03. The van der Waals surface area contributed by atoms with Crippen molar-refractivity contribution >= 4 is 34.4 Å². The maximum atomic E-state index is 13.1. The van der Waals surface area contributed by atoms with Gasteiger partial charge in [-0.25, -0.2) is 4.98 Å². The Morgan fingerprint density at radius 3 is 2.52 bits per heavy atom. The molecule has 0 radical (unpaired) electrons. The summed E-state index contributed by atoms with van der Waals surface area (Å²) >= 11 is 1.65. The first kappa shape index (κ1) is 15.5. The zero-order chi connectivity index (χ0) is 17.2. The van der Waals surface area contributed by atoms with Gasteiger partial charge >= 0.3 is 0 Å². The van der Waals surface area contributed by atoms with E-state index in [2.05, 4.69) is 0 Å². The maximum absolute atomic E-state index is 13.1. The van der Waals surface area contributed by atoms with E-state index in [0.29, 0.717) is 16.7 Å². The molecule has 0 spiro atoms. The molecular weight excluding hydrogens is 328 g/mol. The van der Waals surface area contributed by atoms with Gasteiger partial charge in [0.15, 0.2) is 0 Å². The third-order valence-corrected chi connectivity index (χ3v) is 4.87. The molecule has 4 aromatic rings. The fourth-order valence-electron chi connectivity index (χ4n) is 2.75. The van der Waals surface area contributed by atoms with E-state index >= 15 is 0 Å². The largest absolute Gasteiger partial charge is 0.268 e. The predicted octanol–water partition coefficient (Wildman–Crippen LogP) is 4.93. The molecule has 0 N–H and O–H groups in total. The van der Waals surface area contributed by atoms with Gasteiger partial charge in [0.25, 0.3) is 5.56 Å². The Hall–Kier alpha value is -2.98. The molecule has 0 unspecified atom stereocenters. The zero-order valence-corrected chi connectivity index (χ0v) is 14.5. The summed E-state index contributed by atoms with van der Waals surface area (Å²) in [6.45, 7) is 2.03. The summed E-state index contributed by atoms with van der Waals surface area (Å²) in [6, 6.07) is 19.4. The molecule has 3 nitrogen and oxygen atoms in total. The van der Waals surface area contributed by atoms with Gasteiger partial charge in [-0.1, -0.05) is 35.9 Å². The first-order valence-electron chi connectivity index (χ1n) is 8.03. The molecule has 0 aliphatic carbocycles. The quantitative estimate of drug-likeness (QED) is 0.528. The smallest absolute Gasteiger partial charge is 0.266 e. The van der Waals surface area contributed by atoms with Gasteiger partial charge in [0.2, 0.25) is 0 Å². The maximum Gasteiger partial charge on any atom is 0.266 e. The van der Waals surface area contributed by atoms with Crippen molar-refractivity contribution in [3.8, 4) is 5.69 Å². The van der Waals surface area contributed by atoms with E-state index in [1.165, 1.54) is 0 Å². The SMILES string of the molecule is Cc1ccc(-n2c(C=Cc3cccs3)nc3ccccc3c2=O)cc1. The summed E-state index contributed by atoms with van der Waals surface area (Å²) in [4.78, 5) is 18.9. The van der Waals surface area contributed by atoms with Crippen LogP contribution in [0, 0.1) is 6.92 Å². The van der Waals surface area contributed by atoms with E-state index in [4.69, 9.17) is 4.98 Å². The van der Waals surface area contributed by atoms with Crippen LogP contribution in [0.5, 0.6) is 0 Å². The van der Waals surface area contributed by atoms with E-state index < -0.39 is 0 Å². The Morgan fingerprint density at radius 1 is 0.960 bits per heavy atom. The number of fused-ring (bicyclic) bond motifs is 1. The standard InChI is InChI=1S/C21H16N2OS/c1-15-8-10-16(11-9-15)23-20(13-12-17-5-4-14-25-17)22-19-7-3-2-6-18(19)21(23)24/h2-14H,1H3. The van der Waals surface area contributed by atoms with Crippen LogP contribution in [0.3, 0.4) is 0 Å². The van der Waals surface area contributed by atoms with E-state index in [0.717, 1.165) is 16.1 Å². The summed E-state index contributed by atoms with van der Waals surface area (Å²) in [6.07, 6.45) is 3.89. The average molecular weight is 344 g/mol. The molecule has 0 bridgehead atoms. The highest BCUT2D eigenvalue weighted by Crippen LogP contribution is 2.17. The van der Waals surface area contributed by atoms with E-state index in [1.807, 2.05) is 85.1 Å². The number of nitrogens with zero attached hydrogens (tertiary/aromatic N) is 2. The Kier molecular flexibility index (Phi) is 4.04. The van der Waals surface area contributed by atoms with Crippen molar-refractivity contribution in [3.05, 3.63) is 92.7 Å². The molecule has 2 heterocycles. The van der Waals surface area contributed by atoms with Gasteiger partial charge in [-0.2, -0.15) is 0 Å². The number of rotatable bonds is 3. The van der Waals surface area contributed by atoms with Crippen molar-refractivity contribution in [2.45, 2.75) is 6.92 Å². The lowest BCUT2D eigenvalue weighted by molar-refractivity contribution is 0.943. The molecule has 2 aromatic carbocycles. The first-order valence-corrected chi connectivity index (χ1v) is 8.91. The Balaban J connectivity index is 1.97. The minimum Gasteiger partial charge on any atom is -0.268 e. The van der Waals surface area contributed by atoms with Crippen molar-refractivity contribution in [1.82, 2.24) is 9.55 Å². The molecular formula is C21H16N2OS. The topological polar surface area (TPSA) is 34.9 Å². The Morgan fingerprint density at radius 2 is 1.76 bits per heavy atom. The fourth-order valence-corrected chi connectivity index (χ4v) is 3.37. The van der Waals surface area contributed by atoms with Crippen LogP contribution in [-0.4, -0.2) is 9.55 Å². The minimum absolute atomic E-state index is 0.0553. The van der Waals surface area contributed by atoms with E-state index in [9.17, 15) is 4.79 Å². The number of aryl methyl sites for hydroxylation is 1. The summed E-state index contributed by atoms with van der Waals surface area (Å²) in [5.74, 6) is 0.626. The molecule has 4 heteroatoms. The number of aromatic nitrogens is 2. The van der Waals surface area contributed by atoms with Crippen molar-refractivity contribution in [3.63, 3.8) is 0 Å². The zero-order valence-electron chi connectivity index (χ0n) is 13.7. The van der Waals surface area contributed by atoms with Crippen molar-refractivity contribution in [1.29, 1.82) is 0 Å². The van der Waals surface area contributed by atoms with Gasteiger partial charge in [-0.3, -0.25) is 9.36 Å². The predicted molar refractivity (Wildman–Crippen MR) is 105 cm³/mol. The second kappa shape index (κ2) is 6.49.